The van der Waals surface area contributed by atoms with Gasteiger partial charge in [0, 0.05) is 0 Å². The Labute approximate surface area is 101 Å². The fraction of sp³-hybridized carbons (Fsp3) is 0.857. The highest BCUT2D eigenvalue weighted by atomic mass is 16.6. The van der Waals surface area contributed by atoms with Gasteiger partial charge in [-0.1, -0.05) is 25.7 Å². The fourth-order valence-corrected chi connectivity index (χ4v) is 5.41. The summed E-state index contributed by atoms with van der Waals surface area (Å²) in [5.74, 6) is 1.81. The molecule has 4 unspecified atom stereocenters. The van der Waals surface area contributed by atoms with Crippen LogP contribution < -0.4 is 0 Å². The molecule has 3 saturated carbocycles. The van der Waals surface area contributed by atoms with Crippen molar-refractivity contribution in [3.8, 4) is 0 Å². The van der Waals surface area contributed by atoms with E-state index in [1.54, 1.807) is 0 Å². The van der Waals surface area contributed by atoms with Gasteiger partial charge in [-0.25, -0.2) is 0 Å². The van der Waals surface area contributed by atoms with Crippen molar-refractivity contribution in [2.45, 2.75) is 38.5 Å². The fourth-order valence-electron chi connectivity index (χ4n) is 5.41. The molecule has 3 nitrogen and oxygen atoms in total. The highest BCUT2D eigenvalue weighted by molar-refractivity contribution is 5.97. The predicted octanol–water partition coefficient (Wildman–Crippen LogP) is 2.15. The summed E-state index contributed by atoms with van der Waals surface area (Å²) >= 11 is 0. The third kappa shape index (κ3) is 1.18. The molecule has 0 N–H and O–H groups in total. The molecule has 4 fully saturated rings. The minimum absolute atomic E-state index is 0.0709. The summed E-state index contributed by atoms with van der Waals surface area (Å²) in [6, 6.07) is 0. The van der Waals surface area contributed by atoms with E-state index >= 15 is 0 Å². The number of esters is 2. The van der Waals surface area contributed by atoms with E-state index in [4.69, 9.17) is 4.74 Å². The topological polar surface area (TPSA) is 43.4 Å². The Balaban J connectivity index is 1.77. The second-order valence-corrected chi connectivity index (χ2v) is 6.32. The van der Waals surface area contributed by atoms with Crippen LogP contribution in [0, 0.1) is 35.5 Å². The van der Waals surface area contributed by atoms with E-state index in [0.29, 0.717) is 17.8 Å². The molecule has 4 rings (SSSR count). The first-order valence-electron chi connectivity index (χ1n) is 7.03. The summed E-state index contributed by atoms with van der Waals surface area (Å²) in [7, 11) is 0. The van der Waals surface area contributed by atoms with Crippen LogP contribution in [0.1, 0.15) is 38.5 Å². The lowest BCUT2D eigenvalue weighted by Crippen LogP contribution is -2.35. The first kappa shape index (κ1) is 10.1. The molecule has 1 saturated heterocycles. The molecular formula is C14H18O3. The summed E-state index contributed by atoms with van der Waals surface area (Å²) < 4.78 is 4.89. The molecule has 1 aliphatic heterocycles. The van der Waals surface area contributed by atoms with Crippen molar-refractivity contribution in [3.63, 3.8) is 0 Å². The first-order chi connectivity index (χ1) is 8.27. The second kappa shape index (κ2) is 3.33. The van der Waals surface area contributed by atoms with E-state index in [1.165, 1.54) is 25.7 Å². The number of fused-ring (bicyclic) bond motifs is 3. The van der Waals surface area contributed by atoms with Gasteiger partial charge in [0.1, 0.15) is 0 Å². The van der Waals surface area contributed by atoms with Gasteiger partial charge in [0.15, 0.2) is 0 Å². The number of ether oxygens (including phenoxy) is 1. The lowest BCUT2D eigenvalue weighted by molar-refractivity contribution is -0.156. The molecule has 4 atom stereocenters. The third-order valence-electron chi connectivity index (χ3n) is 5.81. The average Bonchev–Trinajstić information content (AvgIpc) is 2.81. The van der Waals surface area contributed by atoms with Gasteiger partial charge >= 0.3 is 11.9 Å². The maximum Gasteiger partial charge on any atom is 0.317 e. The molecule has 3 heteroatoms. The zero-order valence-electron chi connectivity index (χ0n) is 9.93. The Bertz CT molecular complexity index is 355. The van der Waals surface area contributed by atoms with E-state index in [2.05, 4.69) is 0 Å². The molecular weight excluding hydrogens is 216 g/mol. The normalized spacial score (nSPS) is 52.0. The van der Waals surface area contributed by atoms with Gasteiger partial charge in [0.05, 0.1) is 11.8 Å². The Hall–Kier alpha value is -0.860. The number of carbonyl (C=O) groups is 2. The average molecular weight is 234 g/mol. The Morgan fingerprint density at radius 3 is 1.88 bits per heavy atom. The van der Waals surface area contributed by atoms with Gasteiger partial charge in [-0.05, 0) is 36.5 Å². The van der Waals surface area contributed by atoms with E-state index in [0.717, 1.165) is 18.8 Å². The van der Waals surface area contributed by atoms with E-state index in [1.807, 2.05) is 0 Å². The molecule has 0 amide bonds. The zero-order valence-corrected chi connectivity index (χ0v) is 9.93. The maximum atomic E-state index is 11.9. The van der Waals surface area contributed by atoms with Gasteiger partial charge < -0.3 is 4.74 Å². The zero-order chi connectivity index (χ0) is 11.6. The Morgan fingerprint density at radius 2 is 1.35 bits per heavy atom. The van der Waals surface area contributed by atoms with Crippen LogP contribution in [0.5, 0.6) is 0 Å². The highest BCUT2D eigenvalue weighted by Crippen LogP contribution is 2.61. The summed E-state index contributed by atoms with van der Waals surface area (Å²) in [5.41, 5.74) is 0. The van der Waals surface area contributed by atoms with Crippen LogP contribution in [-0.4, -0.2) is 11.9 Å². The standard InChI is InChI=1S/C14H18O3/c15-13-11-8-5-1-3-7-4-2-6-9(10(7)8)12(11)14(16)17-13/h7-12H,1-6H2. The molecule has 92 valence electrons. The molecule has 17 heavy (non-hydrogen) atoms. The lowest BCUT2D eigenvalue weighted by atomic mass is 9.64. The van der Waals surface area contributed by atoms with Crippen LogP contribution in [0.4, 0.5) is 0 Å². The number of rotatable bonds is 0. The molecule has 3 aliphatic carbocycles. The first-order valence-corrected chi connectivity index (χ1v) is 7.03. The molecule has 0 aromatic heterocycles. The van der Waals surface area contributed by atoms with Crippen molar-refractivity contribution in [2.24, 2.45) is 35.5 Å². The summed E-state index contributed by atoms with van der Waals surface area (Å²) in [5, 5.41) is 0. The molecule has 0 aromatic carbocycles. The smallest absolute Gasteiger partial charge is 0.317 e. The SMILES string of the molecule is O=C1OC(=O)C2C3CCCC4CCCC(C12)C43. The van der Waals surface area contributed by atoms with Gasteiger partial charge in [0.2, 0.25) is 0 Å². The van der Waals surface area contributed by atoms with Crippen LogP contribution in [0.2, 0.25) is 0 Å². The van der Waals surface area contributed by atoms with E-state index < -0.39 is 0 Å². The van der Waals surface area contributed by atoms with Crippen LogP contribution in [0.15, 0.2) is 0 Å². The van der Waals surface area contributed by atoms with Crippen molar-refractivity contribution in [1.82, 2.24) is 0 Å². The largest absolute Gasteiger partial charge is 0.393 e. The number of hydrogen-bond acceptors (Lipinski definition) is 3. The number of hydrogen-bond donors (Lipinski definition) is 0. The van der Waals surface area contributed by atoms with Crippen LogP contribution in [0.25, 0.3) is 0 Å². The molecule has 1 heterocycles. The summed E-state index contributed by atoms with van der Waals surface area (Å²) in [6.07, 6.45) is 7.40. The van der Waals surface area contributed by atoms with Gasteiger partial charge in [-0.15, -0.1) is 0 Å². The van der Waals surface area contributed by atoms with Gasteiger partial charge in [0.25, 0.3) is 0 Å². The van der Waals surface area contributed by atoms with Crippen LogP contribution in [0.3, 0.4) is 0 Å². The Morgan fingerprint density at radius 1 is 0.824 bits per heavy atom. The number of carbonyl (C=O) groups excluding carboxylic acids is 2. The highest BCUT2D eigenvalue weighted by Gasteiger charge is 2.63. The van der Waals surface area contributed by atoms with Gasteiger partial charge in [-0.3, -0.25) is 9.59 Å². The van der Waals surface area contributed by atoms with Crippen molar-refractivity contribution < 1.29 is 14.3 Å². The second-order valence-electron chi connectivity index (χ2n) is 6.32. The maximum absolute atomic E-state index is 11.9. The molecule has 4 aliphatic rings. The van der Waals surface area contributed by atoms with Crippen LogP contribution >= 0.6 is 0 Å². The third-order valence-corrected chi connectivity index (χ3v) is 5.81. The van der Waals surface area contributed by atoms with Crippen molar-refractivity contribution in [2.75, 3.05) is 0 Å². The van der Waals surface area contributed by atoms with Gasteiger partial charge in [-0.2, -0.15) is 0 Å². The lowest BCUT2D eigenvalue weighted by Gasteiger charge is -2.41. The molecule has 0 spiro atoms. The van der Waals surface area contributed by atoms with E-state index in [-0.39, 0.29) is 23.8 Å². The minimum atomic E-state index is -0.208. The molecule has 0 bridgehead atoms. The van der Waals surface area contributed by atoms with Crippen LogP contribution in [-0.2, 0) is 14.3 Å². The quantitative estimate of drug-likeness (QED) is 0.476. The van der Waals surface area contributed by atoms with E-state index in [9.17, 15) is 9.59 Å². The minimum Gasteiger partial charge on any atom is -0.393 e. The van der Waals surface area contributed by atoms with Crippen molar-refractivity contribution in [1.29, 1.82) is 0 Å². The summed E-state index contributed by atoms with van der Waals surface area (Å²) in [6.45, 7) is 0. The molecule has 0 aromatic rings. The Kier molecular flexibility index (Phi) is 1.98. The van der Waals surface area contributed by atoms with Crippen molar-refractivity contribution in [3.05, 3.63) is 0 Å². The monoisotopic (exact) mass is 234 g/mol. The summed E-state index contributed by atoms with van der Waals surface area (Å²) in [4.78, 5) is 23.7. The number of cyclic esters (lactones) is 2. The van der Waals surface area contributed by atoms with Crippen molar-refractivity contribution >= 4 is 11.9 Å². The molecule has 0 radical (unpaired) electrons. The predicted molar refractivity (Wildman–Crippen MR) is 59.7 cm³/mol.